The fourth-order valence-corrected chi connectivity index (χ4v) is 2.79. The number of carbonyl (C=O) groups excluding carboxylic acids is 1. The zero-order valence-electron chi connectivity index (χ0n) is 16.3. The first-order valence-electron chi connectivity index (χ1n) is 9.34. The molecule has 0 radical (unpaired) electrons. The van der Waals surface area contributed by atoms with Gasteiger partial charge in [-0.05, 0) is 43.3 Å². The van der Waals surface area contributed by atoms with Crippen molar-refractivity contribution < 1.29 is 9.53 Å². The van der Waals surface area contributed by atoms with Gasteiger partial charge in [0.05, 0.1) is 0 Å². The molecule has 1 amide bonds. The lowest BCUT2D eigenvalue weighted by atomic mass is 10.2. The number of para-hydroxylation sites is 1. The van der Waals surface area contributed by atoms with Gasteiger partial charge in [0.2, 0.25) is 0 Å². The number of rotatable bonds is 7. The van der Waals surface area contributed by atoms with Crippen LogP contribution in [0, 0.1) is 6.92 Å². The first-order valence-corrected chi connectivity index (χ1v) is 9.34. The monoisotopic (exact) mass is 400 g/mol. The van der Waals surface area contributed by atoms with Gasteiger partial charge in [0.15, 0.2) is 6.61 Å². The highest BCUT2D eigenvalue weighted by Gasteiger charge is 2.06. The van der Waals surface area contributed by atoms with Gasteiger partial charge in [0, 0.05) is 29.8 Å². The Morgan fingerprint density at radius 3 is 2.53 bits per heavy atom. The minimum absolute atomic E-state index is 0.0543. The third-order valence-corrected chi connectivity index (χ3v) is 4.15. The molecule has 0 aliphatic carbocycles. The molecular formula is C22H20N6O2. The zero-order chi connectivity index (χ0) is 20.8. The number of nitrogens with zero attached hydrogens (tertiary/aromatic N) is 4. The average Bonchev–Trinajstić information content (AvgIpc) is 3.29. The maximum atomic E-state index is 12.1. The Balaban J connectivity index is 1.36. The lowest BCUT2D eigenvalue weighted by Crippen LogP contribution is -2.20. The lowest BCUT2D eigenvalue weighted by Gasteiger charge is -2.10. The van der Waals surface area contributed by atoms with Crippen molar-refractivity contribution in [1.82, 2.24) is 19.5 Å². The summed E-state index contributed by atoms with van der Waals surface area (Å²) >= 11 is 0. The van der Waals surface area contributed by atoms with Gasteiger partial charge >= 0.3 is 0 Å². The van der Waals surface area contributed by atoms with E-state index < -0.39 is 0 Å². The molecule has 4 aromatic rings. The second kappa shape index (κ2) is 8.87. The number of ether oxygens (including phenoxy) is 1. The first kappa shape index (κ1) is 19.1. The van der Waals surface area contributed by atoms with Crippen molar-refractivity contribution in [2.24, 2.45) is 0 Å². The summed E-state index contributed by atoms with van der Waals surface area (Å²) in [5.74, 6) is 2.47. The van der Waals surface area contributed by atoms with Crippen LogP contribution in [-0.2, 0) is 4.79 Å². The van der Waals surface area contributed by atoms with Crippen molar-refractivity contribution in [3.63, 3.8) is 0 Å². The van der Waals surface area contributed by atoms with Crippen molar-refractivity contribution in [2.75, 3.05) is 17.2 Å². The van der Waals surface area contributed by atoms with Crippen LogP contribution in [0.2, 0.25) is 0 Å². The van der Waals surface area contributed by atoms with Crippen LogP contribution in [0.25, 0.3) is 5.82 Å². The summed E-state index contributed by atoms with van der Waals surface area (Å²) in [5, 5.41) is 6.06. The van der Waals surface area contributed by atoms with Crippen LogP contribution in [0.15, 0.2) is 79.4 Å². The smallest absolute Gasteiger partial charge is 0.262 e. The van der Waals surface area contributed by atoms with Crippen LogP contribution in [0.3, 0.4) is 0 Å². The zero-order valence-corrected chi connectivity index (χ0v) is 16.3. The number of imidazole rings is 1. The Labute approximate surface area is 173 Å². The van der Waals surface area contributed by atoms with E-state index in [1.54, 1.807) is 24.7 Å². The van der Waals surface area contributed by atoms with E-state index in [1.165, 1.54) is 0 Å². The number of hydrogen-bond acceptors (Lipinski definition) is 6. The van der Waals surface area contributed by atoms with E-state index in [4.69, 9.17) is 4.74 Å². The highest BCUT2D eigenvalue weighted by Crippen LogP contribution is 2.19. The van der Waals surface area contributed by atoms with Gasteiger partial charge in [-0.15, -0.1) is 0 Å². The molecule has 0 aliphatic rings. The van der Waals surface area contributed by atoms with Gasteiger partial charge in [-0.3, -0.25) is 9.36 Å². The molecule has 0 saturated carbocycles. The quantitative estimate of drug-likeness (QED) is 0.491. The topological polar surface area (TPSA) is 94.0 Å². The summed E-state index contributed by atoms with van der Waals surface area (Å²) in [6.07, 6.45) is 5.21. The first-order chi connectivity index (χ1) is 14.7. The molecule has 0 fully saturated rings. The Hall–Kier alpha value is -4.20. The standard InChI is InChI=1S/C22H20N6O2/c1-16-24-20(13-21(25-16)28-12-11-23-15-28)26-17-7-9-18(10-8-17)27-22(29)14-30-19-5-3-2-4-6-19/h2-13,15H,14H2,1H3,(H,27,29)(H,24,25,26). The molecule has 0 saturated heterocycles. The summed E-state index contributed by atoms with van der Waals surface area (Å²) in [4.78, 5) is 25.0. The number of aromatic nitrogens is 4. The molecule has 0 spiro atoms. The van der Waals surface area contributed by atoms with Crippen LogP contribution >= 0.6 is 0 Å². The fourth-order valence-electron chi connectivity index (χ4n) is 2.79. The maximum Gasteiger partial charge on any atom is 0.262 e. The summed E-state index contributed by atoms with van der Waals surface area (Å²) in [6.45, 7) is 1.78. The van der Waals surface area contributed by atoms with E-state index in [9.17, 15) is 4.79 Å². The van der Waals surface area contributed by atoms with Crippen LogP contribution in [0.1, 0.15) is 5.82 Å². The predicted octanol–water partition coefficient (Wildman–Crippen LogP) is 3.73. The molecular weight excluding hydrogens is 380 g/mol. The Kier molecular flexibility index (Phi) is 5.66. The summed E-state index contributed by atoms with van der Waals surface area (Å²) < 4.78 is 7.27. The van der Waals surface area contributed by atoms with Crippen molar-refractivity contribution in [3.05, 3.63) is 85.2 Å². The van der Waals surface area contributed by atoms with Gasteiger partial charge in [0.25, 0.3) is 5.91 Å². The number of aryl methyl sites for hydroxylation is 1. The largest absolute Gasteiger partial charge is 0.484 e. The van der Waals surface area contributed by atoms with Crippen LogP contribution < -0.4 is 15.4 Å². The van der Waals surface area contributed by atoms with Gasteiger partial charge in [-0.2, -0.15) is 0 Å². The number of amides is 1. The van der Waals surface area contributed by atoms with Crippen molar-refractivity contribution in [1.29, 1.82) is 0 Å². The van der Waals surface area contributed by atoms with E-state index in [2.05, 4.69) is 25.6 Å². The molecule has 0 atom stereocenters. The molecule has 2 aromatic heterocycles. The SMILES string of the molecule is Cc1nc(Nc2ccc(NC(=O)COc3ccccc3)cc2)cc(-n2ccnc2)n1. The number of nitrogens with one attached hydrogen (secondary N) is 2. The van der Waals surface area contributed by atoms with E-state index in [0.717, 1.165) is 11.5 Å². The number of carbonyl (C=O) groups is 1. The molecule has 0 aliphatic heterocycles. The molecule has 2 N–H and O–H groups in total. The molecule has 0 bridgehead atoms. The molecule has 0 unspecified atom stereocenters. The second-order valence-electron chi connectivity index (χ2n) is 6.48. The minimum atomic E-state index is -0.226. The van der Waals surface area contributed by atoms with E-state index in [-0.39, 0.29) is 12.5 Å². The molecule has 2 aromatic carbocycles. The van der Waals surface area contributed by atoms with Crippen molar-refractivity contribution in [3.8, 4) is 11.6 Å². The normalized spacial score (nSPS) is 10.4. The maximum absolute atomic E-state index is 12.1. The van der Waals surface area contributed by atoms with E-state index in [1.807, 2.05) is 66.2 Å². The number of hydrogen-bond donors (Lipinski definition) is 2. The lowest BCUT2D eigenvalue weighted by molar-refractivity contribution is -0.118. The summed E-state index contributed by atoms with van der Waals surface area (Å²) in [5.41, 5.74) is 1.52. The van der Waals surface area contributed by atoms with Gasteiger partial charge in [-0.1, -0.05) is 18.2 Å². The fraction of sp³-hybridized carbons (Fsp3) is 0.0909. The summed E-state index contributed by atoms with van der Waals surface area (Å²) in [7, 11) is 0. The molecule has 8 nitrogen and oxygen atoms in total. The van der Waals surface area contributed by atoms with Crippen molar-refractivity contribution in [2.45, 2.75) is 6.92 Å². The van der Waals surface area contributed by atoms with E-state index >= 15 is 0 Å². The van der Waals surface area contributed by atoms with Crippen LogP contribution in [0.4, 0.5) is 17.2 Å². The molecule has 2 heterocycles. The van der Waals surface area contributed by atoms with Crippen LogP contribution in [0.5, 0.6) is 5.75 Å². The highest BCUT2D eigenvalue weighted by molar-refractivity contribution is 5.92. The van der Waals surface area contributed by atoms with Gasteiger partial charge in [-0.25, -0.2) is 15.0 Å². The minimum Gasteiger partial charge on any atom is -0.484 e. The Bertz CT molecular complexity index is 1110. The second-order valence-corrected chi connectivity index (χ2v) is 6.48. The Morgan fingerprint density at radius 2 is 1.80 bits per heavy atom. The Morgan fingerprint density at radius 1 is 1.03 bits per heavy atom. The molecule has 30 heavy (non-hydrogen) atoms. The van der Waals surface area contributed by atoms with E-state index in [0.29, 0.717) is 23.1 Å². The summed E-state index contributed by atoms with van der Waals surface area (Å²) in [6, 6.07) is 18.4. The molecule has 4 rings (SSSR count). The number of anilines is 3. The van der Waals surface area contributed by atoms with Crippen LogP contribution in [-0.4, -0.2) is 32.0 Å². The van der Waals surface area contributed by atoms with Gasteiger partial charge < -0.3 is 15.4 Å². The molecule has 8 heteroatoms. The highest BCUT2D eigenvalue weighted by atomic mass is 16.5. The number of benzene rings is 2. The van der Waals surface area contributed by atoms with Gasteiger partial charge in [0.1, 0.15) is 29.5 Å². The third-order valence-electron chi connectivity index (χ3n) is 4.15. The third kappa shape index (κ3) is 4.99. The van der Waals surface area contributed by atoms with Crippen molar-refractivity contribution >= 4 is 23.1 Å². The average molecular weight is 400 g/mol. The molecule has 150 valence electrons. The predicted molar refractivity (Wildman–Crippen MR) is 114 cm³/mol.